The molecule has 0 bridgehead atoms. The highest BCUT2D eigenvalue weighted by Crippen LogP contribution is 2.17. The number of hydrogen-bond acceptors (Lipinski definition) is 4. The van der Waals surface area contributed by atoms with E-state index < -0.39 is 5.97 Å². The van der Waals surface area contributed by atoms with Gasteiger partial charge in [-0.05, 0) is 24.3 Å². The molecule has 4 nitrogen and oxygen atoms in total. The van der Waals surface area contributed by atoms with Crippen LogP contribution in [0.4, 0.5) is 5.69 Å². The lowest BCUT2D eigenvalue weighted by molar-refractivity contribution is -0.136. The molecule has 17 heavy (non-hydrogen) atoms. The fraction of sp³-hybridized carbons (Fsp3) is 0.273. The smallest absolute Gasteiger partial charge is 0.304 e. The Balaban J connectivity index is 2.37. The van der Waals surface area contributed by atoms with Crippen LogP contribution in [0.15, 0.2) is 24.3 Å². The highest BCUT2D eigenvalue weighted by atomic mass is 32.2. The van der Waals surface area contributed by atoms with Crippen LogP contribution < -0.4 is 10.1 Å². The lowest BCUT2D eigenvalue weighted by Crippen LogP contribution is -2.06. The van der Waals surface area contributed by atoms with E-state index in [0.29, 0.717) is 10.1 Å². The molecule has 0 saturated heterocycles. The molecule has 2 N–H and O–H groups in total. The van der Waals surface area contributed by atoms with Crippen molar-refractivity contribution in [2.45, 2.75) is 6.42 Å². The van der Waals surface area contributed by atoms with Crippen LogP contribution in [0, 0.1) is 0 Å². The first-order valence-electron chi connectivity index (χ1n) is 4.91. The first-order chi connectivity index (χ1) is 8.11. The second-order valence-corrected chi connectivity index (χ2v) is 4.90. The highest BCUT2D eigenvalue weighted by Gasteiger charge is 2.02. The van der Waals surface area contributed by atoms with Gasteiger partial charge >= 0.3 is 5.97 Å². The van der Waals surface area contributed by atoms with Crippen LogP contribution in [0.1, 0.15) is 6.42 Å². The van der Waals surface area contributed by atoms with Gasteiger partial charge in [-0.1, -0.05) is 24.0 Å². The largest absolute Gasteiger partial charge is 0.497 e. The third-order valence-corrected chi connectivity index (χ3v) is 3.11. The van der Waals surface area contributed by atoms with Gasteiger partial charge in [0.15, 0.2) is 0 Å². The number of thioether (sulfide) groups is 1. The van der Waals surface area contributed by atoms with Crippen molar-refractivity contribution in [3.05, 3.63) is 24.3 Å². The van der Waals surface area contributed by atoms with Gasteiger partial charge in [0.05, 0.1) is 13.5 Å². The zero-order valence-electron chi connectivity index (χ0n) is 9.30. The third kappa shape index (κ3) is 5.55. The Kier molecular flexibility index (Phi) is 5.79. The topological polar surface area (TPSA) is 58.6 Å². The number of methoxy groups -OCH3 is 1. The summed E-state index contributed by atoms with van der Waals surface area (Å²) in [4.78, 5) is 10.3. The number of rotatable bonds is 5. The number of carboxylic acids is 1. The normalized spacial score (nSPS) is 9.71. The van der Waals surface area contributed by atoms with E-state index in [2.05, 4.69) is 5.32 Å². The van der Waals surface area contributed by atoms with Gasteiger partial charge in [-0.3, -0.25) is 4.79 Å². The van der Waals surface area contributed by atoms with Crippen molar-refractivity contribution in [3.8, 4) is 5.75 Å². The molecule has 0 radical (unpaired) electrons. The maximum absolute atomic E-state index is 10.3. The zero-order chi connectivity index (χ0) is 12.7. The van der Waals surface area contributed by atoms with E-state index in [1.54, 1.807) is 7.11 Å². The minimum absolute atomic E-state index is 0.106. The highest BCUT2D eigenvalue weighted by molar-refractivity contribution is 8.23. The maximum Gasteiger partial charge on any atom is 0.304 e. The molecule has 6 heteroatoms. The lowest BCUT2D eigenvalue weighted by atomic mass is 10.3. The number of anilines is 1. The number of aliphatic carboxylic acids is 1. The Morgan fingerprint density at radius 3 is 2.65 bits per heavy atom. The van der Waals surface area contributed by atoms with Crippen molar-refractivity contribution in [2.24, 2.45) is 0 Å². The lowest BCUT2D eigenvalue weighted by Gasteiger charge is -2.07. The fourth-order valence-corrected chi connectivity index (χ4v) is 2.08. The van der Waals surface area contributed by atoms with Crippen LogP contribution >= 0.6 is 24.0 Å². The van der Waals surface area contributed by atoms with E-state index >= 15 is 0 Å². The summed E-state index contributed by atoms with van der Waals surface area (Å²) in [5, 5.41) is 11.5. The van der Waals surface area contributed by atoms with Gasteiger partial charge in [-0.25, -0.2) is 0 Å². The minimum Gasteiger partial charge on any atom is -0.497 e. The number of nitrogens with one attached hydrogen (secondary N) is 1. The number of ether oxygens (including phenoxy) is 1. The van der Waals surface area contributed by atoms with Gasteiger partial charge in [0.25, 0.3) is 0 Å². The Labute approximate surface area is 109 Å². The summed E-state index contributed by atoms with van der Waals surface area (Å²) >= 11 is 6.39. The Morgan fingerprint density at radius 2 is 2.12 bits per heavy atom. The summed E-state index contributed by atoms with van der Waals surface area (Å²) in [7, 11) is 1.61. The summed E-state index contributed by atoms with van der Waals surface area (Å²) in [6.07, 6.45) is 0.106. The number of hydrogen-bond donors (Lipinski definition) is 2. The molecule has 0 heterocycles. The van der Waals surface area contributed by atoms with Gasteiger partial charge in [0.2, 0.25) is 0 Å². The van der Waals surface area contributed by atoms with Gasteiger partial charge < -0.3 is 15.2 Å². The zero-order valence-corrected chi connectivity index (χ0v) is 10.9. The molecular weight excluding hydrogens is 258 g/mol. The first-order valence-corrected chi connectivity index (χ1v) is 6.31. The van der Waals surface area contributed by atoms with Gasteiger partial charge in [0, 0.05) is 11.4 Å². The van der Waals surface area contributed by atoms with E-state index in [1.807, 2.05) is 24.3 Å². The first kappa shape index (κ1) is 13.8. The Morgan fingerprint density at radius 1 is 1.47 bits per heavy atom. The second kappa shape index (κ2) is 7.13. The Bertz CT molecular complexity index is 392. The van der Waals surface area contributed by atoms with E-state index in [1.165, 1.54) is 11.8 Å². The van der Waals surface area contributed by atoms with Crippen molar-refractivity contribution in [2.75, 3.05) is 18.2 Å². The number of thiocarbonyl (C=S) groups is 1. The van der Waals surface area contributed by atoms with E-state index in [-0.39, 0.29) is 6.42 Å². The summed E-state index contributed by atoms with van der Waals surface area (Å²) in [6.45, 7) is 0. The quantitative estimate of drug-likeness (QED) is 0.803. The molecule has 0 atom stereocenters. The van der Waals surface area contributed by atoms with Crippen molar-refractivity contribution in [3.63, 3.8) is 0 Å². The molecule has 92 valence electrons. The molecule has 1 rings (SSSR count). The summed E-state index contributed by atoms with van der Waals surface area (Å²) in [5.74, 6) is 0.432. The average Bonchev–Trinajstić information content (AvgIpc) is 2.29. The van der Waals surface area contributed by atoms with E-state index in [9.17, 15) is 4.79 Å². The molecule has 0 spiro atoms. The van der Waals surface area contributed by atoms with Crippen LogP contribution in [0.5, 0.6) is 5.75 Å². The molecule has 0 aliphatic heterocycles. The molecule has 1 aromatic rings. The van der Waals surface area contributed by atoms with Crippen molar-refractivity contribution < 1.29 is 14.6 Å². The SMILES string of the molecule is COc1ccc(NC(=S)SCCC(=O)O)cc1. The number of carboxylic acid groups (broad SMARTS) is 1. The molecular formula is C11H13NO3S2. The third-order valence-electron chi connectivity index (χ3n) is 1.89. The number of benzene rings is 1. The second-order valence-electron chi connectivity index (χ2n) is 3.13. The predicted molar refractivity (Wildman–Crippen MR) is 73.9 cm³/mol. The van der Waals surface area contributed by atoms with Crippen LogP contribution in [-0.2, 0) is 4.79 Å². The fourth-order valence-electron chi connectivity index (χ4n) is 1.06. The average molecular weight is 271 g/mol. The summed E-state index contributed by atoms with van der Waals surface area (Å²) < 4.78 is 5.60. The van der Waals surface area contributed by atoms with Gasteiger partial charge in [-0.15, -0.1) is 0 Å². The molecule has 0 aliphatic carbocycles. The molecule has 1 aromatic carbocycles. The van der Waals surface area contributed by atoms with E-state index in [4.69, 9.17) is 22.1 Å². The summed E-state index contributed by atoms with van der Waals surface area (Å²) in [5.41, 5.74) is 0.860. The van der Waals surface area contributed by atoms with Crippen LogP contribution in [0.25, 0.3) is 0 Å². The monoisotopic (exact) mass is 271 g/mol. The van der Waals surface area contributed by atoms with Gasteiger partial charge in [-0.2, -0.15) is 0 Å². The van der Waals surface area contributed by atoms with Crippen molar-refractivity contribution >= 4 is 40.0 Å². The molecule has 0 amide bonds. The Hall–Kier alpha value is -1.27. The molecule has 0 saturated carbocycles. The molecule has 0 aliphatic rings. The minimum atomic E-state index is -0.815. The van der Waals surface area contributed by atoms with Crippen LogP contribution in [0.3, 0.4) is 0 Å². The molecule has 0 fully saturated rings. The van der Waals surface area contributed by atoms with Crippen molar-refractivity contribution in [1.29, 1.82) is 0 Å². The standard InChI is InChI=1S/C11H13NO3S2/c1-15-9-4-2-8(3-5-9)12-11(16)17-7-6-10(13)14/h2-5H,6-7H2,1H3,(H,12,16)(H,13,14). The molecule has 0 unspecified atom stereocenters. The number of carbonyl (C=O) groups is 1. The predicted octanol–water partition coefficient (Wildman–Crippen LogP) is 2.60. The van der Waals surface area contributed by atoms with Crippen LogP contribution in [-0.4, -0.2) is 28.3 Å². The summed E-state index contributed by atoms with van der Waals surface area (Å²) in [6, 6.07) is 7.35. The van der Waals surface area contributed by atoms with Gasteiger partial charge in [0.1, 0.15) is 10.1 Å². The van der Waals surface area contributed by atoms with E-state index in [0.717, 1.165) is 11.4 Å². The maximum atomic E-state index is 10.3. The van der Waals surface area contributed by atoms with Crippen molar-refractivity contribution in [1.82, 2.24) is 0 Å². The molecule has 0 aromatic heterocycles. The van der Waals surface area contributed by atoms with Crippen LogP contribution in [0.2, 0.25) is 0 Å².